The number of fused-ring (bicyclic) bond motifs is 1. The van der Waals surface area contributed by atoms with Crippen molar-refractivity contribution >= 4 is 5.95 Å². The van der Waals surface area contributed by atoms with Crippen LogP contribution in [-0.2, 0) is 0 Å². The lowest BCUT2D eigenvalue weighted by Gasteiger charge is -2.13. The van der Waals surface area contributed by atoms with Crippen molar-refractivity contribution in [2.45, 2.75) is 6.17 Å². The molecular formula is C5H7N5. The Morgan fingerprint density at radius 1 is 1.70 bits per heavy atom. The molecule has 0 saturated carbocycles. The standard InChI is InChI=1S/C5H7N5/c6-4-1-2-7-5-8-3-9-10(4)5/h1-4H,6H2,(H,7,8,9). The quantitative estimate of drug-likeness (QED) is 0.514. The molecule has 10 heavy (non-hydrogen) atoms. The number of rotatable bonds is 0. The third kappa shape index (κ3) is 0.608. The van der Waals surface area contributed by atoms with Crippen molar-refractivity contribution in [1.82, 2.24) is 14.8 Å². The Labute approximate surface area is 57.5 Å². The normalized spacial score (nSPS) is 21.9. The summed E-state index contributed by atoms with van der Waals surface area (Å²) in [6.45, 7) is 0. The van der Waals surface area contributed by atoms with Gasteiger partial charge in [0.2, 0.25) is 5.95 Å². The fourth-order valence-corrected chi connectivity index (χ4v) is 0.874. The minimum atomic E-state index is -0.182. The van der Waals surface area contributed by atoms with E-state index in [4.69, 9.17) is 5.73 Å². The van der Waals surface area contributed by atoms with Crippen molar-refractivity contribution in [3.05, 3.63) is 18.6 Å². The average molecular weight is 137 g/mol. The maximum absolute atomic E-state index is 5.62. The van der Waals surface area contributed by atoms with Gasteiger partial charge in [0.05, 0.1) is 0 Å². The van der Waals surface area contributed by atoms with Crippen LogP contribution >= 0.6 is 0 Å². The number of anilines is 1. The number of aromatic nitrogens is 3. The van der Waals surface area contributed by atoms with Gasteiger partial charge in [-0.25, -0.2) is 4.68 Å². The first-order valence-corrected chi connectivity index (χ1v) is 2.96. The van der Waals surface area contributed by atoms with Gasteiger partial charge >= 0.3 is 0 Å². The van der Waals surface area contributed by atoms with E-state index in [9.17, 15) is 0 Å². The molecule has 0 aliphatic carbocycles. The van der Waals surface area contributed by atoms with Gasteiger partial charge in [0, 0.05) is 6.20 Å². The van der Waals surface area contributed by atoms with Gasteiger partial charge in [-0.3, -0.25) is 0 Å². The summed E-state index contributed by atoms with van der Waals surface area (Å²) < 4.78 is 1.61. The Morgan fingerprint density at radius 2 is 2.60 bits per heavy atom. The second-order valence-electron chi connectivity index (χ2n) is 2.02. The molecule has 52 valence electrons. The monoisotopic (exact) mass is 137 g/mol. The van der Waals surface area contributed by atoms with Gasteiger partial charge in [-0.2, -0.15) is 10.1 Å². The molecule has 0 aromatic carbocycles. The second-order valence-corrected chi connectivity index (χ2v) is 2.02. The lowest BCUT2D eigenvalue weighted by atomic mass is 10.4. The molecule has 5 nitrogen and oxygen atoms in total. The van der Waals surface area contributed by atoms with Crippen molar-refractivity contribution < 1.29 is 0 Å². The van der Waals surface area contributed by atoms with E-state index in [2.05, 4.69) is 15.4 Å². The molecule has 1 aliphatic heterocycles. The Balaban J connectivity index is 2.48. The van der Waals surface area contributed by atoms with E-state index < -0.39 is 0 Å². The molecule has 0 spiro atoms. The molecule has 1 aromatic rings. The fraction of sp³-hybridized carbons (Fsp3) is 0.200. The van der Waals surface area contributed by atoms with Gasteiger partial charge < -0.3 is 11.1 Å². The van der Waals surface area contributed by atoms with Crippen molar-refractivity contribution in [2.75, 3.05) is 5.32 Å². The highest BCUT2D eigenvalue weighted by Gasteiger charge is 2.10. The van der Waals surface area contributed by atoms with E-state index in [1.807, 2.05) is 6.08 Å². The lowest BCUT2D eigenvalue weighted by molar-refractivity contribution is 0.556. The number of nitrogens with two attached hydrogens (primary N) is 1. The molecule has 1 atom stereocenters. The molecule has 2 rings (SSSR count). The number of nitrogens with zero attached hydrogens (tertiary/aromatic N) is 3. The summed E-state index contributed by atoms with van der Waals surface area (Å²) in [5.74, 6) is 0.690. The van der Waals surface area contributed by atoms with Crippen LogP contribution in [0, 0.1) is 0 Å². The van der Waals surface area contributed by atoms with Crippen molar-refractivity contribution in [2.24, 2.45) is 5.73 Å². The molecule has 2 heterocycles. The van der Waals surface area contributed by atoms with Crippen LogP contribution in [0.25, 0.3) is 0 Å². The highest BCUT2D eigenvalue weighted by Crippen LogP contribution is 2.11. The zero-order valence-corrected chi connectivity index (χ0v) is 5.23. The van der Waals surface area contributed by atoms with Gasteiger partial charge in [-0.1, -0.05) is 0 Å². The summed E-state index contributed by atoms with van der Waals surface area (Å²) in [6.07, 6.45) is 4.85. The first kappa shape index (κ1) is 5.43. The fourth-order valence-electron chi connectivity index (χ4n) is 0.874. The van der Waals surface area contributed by atoms with Crippen molar-refractivity contribution in [3.8, 4) is 0 Å². The van der Waals surface area contributed by atoms with E-state index in [1.54, 1.807) is 10.9 Å². The van der Waals surface area contributed by atoms with E-state index in [1.165, 1.54) is 6.33 Å². The Kier molecular flexibility index (Phi) is 0.983. The summed E-state index contributed by atoms with van der Waals surface area (Å²) >= 11 is 0. The SMILES string of the molecule is NC1C=CNc2ncnn21. The van der Waals surface area contributed by atoms with Crippen LogP contribution in [0.1, 0.15) is 6.17 Å². The highest BCUT2D eigenvalue weighted by atomic mass is 15.4. The molecule has 0 fully saturated rings. The molecule has 5 heteroatoms. The molecular weight excluding hydrogens is 130 g/mol. The van der Waals surface area contributed by atoms with Crippen LogP contribution in [-0.4, -0.2) is 14.8 Å². The molecule has 1 unspecified atom stereocenters. The predicted octanol–water partition coefficient (Wildman–Crippen LogP) is -0.325. The molecule has 0 saturated heterocycles. The molecule has 1 aromatic heterocycles. The van der Waals surface area contributed by atoms with Gasteiger partial charge in [0.25, 0.3) is 0 Å². The highest BCUT2D eigenvalue weighted by molar-refractivity contribution is 5.32. The zero-order chi connectivity index (χ0) is 6.97. The maximum Gasteiger partial charge on any atom is 0.227 e. The summed E-state index contributed by atoms with van der Waals surface area (Å²) in [7, 11) is 0. The van der Waals surface area contributed by atoms with Gasteiger partial charge in [0.15, 0.2) is 0 Å². The van der Waals surface area contributed by atoms with E-state index in [0.717, 1.165) is 0 Å². The first-order chi connectivity index (χ1) is 4.88. The van der Waals surface area contributed by atoms with Crippen LogP contribution in [0.4, 0.5) is 5.95 Å². The molecule has 0 radical (unpaired) electrons. The molecule has 0 bridgehead atoms. The number of hydrogen-bond acceptors (Lipinski definition) is 4. The Morgan fingerprint density at radius 3 is 3.40 bits per heavy atom. The summed E-state index contributed by atoms with van der Waals surface area (Å²) in [4.78, 5) is 3.92. The average Bonchev–Trinajstić information content (AvgIpc) is 2.36. The van der Waals surface area contributed by atoms with Crippen molar-refractivity contribution in [1.29, 1.82) is 0 Å². The lowest BCUT2D eigenvalue weighted by Crippen LogP contribution is -2.22. The van der Waals surface area contributed by atoms with Crippen LogP contribution in [0.15, 0.2) is 18.6 Å². The zero-order valence-electron chi connectivity index (χ0n) is 5.23. The minimum Gasteiger partial charge on any atom is -0.331 e. The van der Waals surface area contributed by atoms with Crippen molar-refractivity contribution in [3.63, 3.8) is 0 Å². The minimum absolute atomic E-state index is 0.182. The second kappa shape index (κ2) is 1.81. The summed E-state index contributed by atoms with van der Waals surface area (Å²) in [5, 5.41) is 6.81. The smallest absolute Gasteiger partial charge is 0.227 e. The summed E-state index contributed by atoms with van der Waals surface area (Å²) in [5.41, 5.74) is 5.62. The van der Waals surface area contributed by atoms with Gasteiger partial charge in [-0.05, 0) is 6.08 Å². The van der Waals surface area contributed by atoms with Crippen LogP contribution < -0.4 is 11.1 Å². The van der Waals surface area contributed by atoms with Gasteiger partial charge in [-0.15, -0.1) is 0 Å². The Bertz CT molecular complexity index is 263. The van der Waals surface area contributed by atoms with E-state index in [0.29, 0.717) is 5.95 Å². The third-order valence-electron chi connectivity index (χ3n) is 1.36. The predicted molar refractivity (Wildman–Crippen MR) is 36.0 cm³/mol. The first-order valence-electron chi connectivity index (χ1n) is 2.96. The molecule has 1 aliphatic rings. The van der Waals surface area contributed by atoms with Gasteiger partial charge in [0.1, 0.15) is 12.5 Å². The van der Waals surface area contributed by atoms with Crippen LogP contribution in [0.3, 0.4) is 0 Å². The van der Waals surface area contributed by atoms with Crippen LogP contribution in [0.5, 0.6) is 0 Å². The number of nitrogens with one attached hydrogen (secondary N) is 1. The molecule has 3 N–H and O–H groups in total. The largest absolute Gasteiger partial charge is 0.331 e. The van der Waals surface area contributed by atoms with E-state index in [-0.39, 0.29) is 6.17 Å². The molecule has 0 amide bonds. The third-order valence-corrected chi connectivity index (χ3v) is 1.36. The Hall–Kier alpha value is -1.36. The van der Waals surface area contributed by atoms with Crippen LogP contribution in [0.2, 0.25) is 0 Å². The van der Waals surface area contributed by atoms with E-state index >= 15 is 0 Å². The summed E-state index contributed by atoms with van der Waals surface area (Å²) in [6, 6.07) is 0. The number of hydrogen-bond donors (Lipinski definition) is 2. The maximum atomic E-state index is 5.62. The topological polar surface area (TPSA) is 68.8 Å².